The third kappa shape index (κ3) is 14.8. The van der Waals surface area contributed by atoms with Gasteiger partial charge in [-0.3, -0.25) is 38.4 Å². The second-order valence-corrected chi connectivity index (χ2v) is 14.2. The summed E-state index contributed by atoms with van der Waals surface area (Å²) < 4.78 is 21.1. The largest absolute Gasteiger partial charge is 0.496 e. The molecule has 0 aliphatic heterocycles. The SMILES string of the molecule is COc1ccc(NC(=O)CNC(=O)c2cc(NC(=O)CNC(=O)c3cc(NC(=O)C(CCCNC(N)=O)NC(=O)c4cc(NC(=O)CN)ccc4OC)ccc3OC)ccc2OC)cc1C(N)=O. The third-order valence-electron chi connectivity index (χ3n) is 9.51. The van der Waals surface area contributed by atoms with Gasteiger partial charge in [-0.25, -0.2) is 4.79 Å². The molecule has 14 N–H and O–H groups in total. The fourth-order valence-corrected chi connectivity index (χ4v) is 6.25. The Kier molecular flexibility index (Phi) is 19.0. The van der Waals surface area contributed by atoms with Crippen molar-refractivity contribution in [3.05, 3.63) is 95.1 Å². The lowest BCUT2D eigenvalue weighted by Crippen LogP contribution is -2.44. The number of carbonyl (C=O) groups is 9. The Morgan fingerprint density at radius 3 is 1.28 bits per heavy atom. The number of carbonyl (C=O) groups excluding carboxylic acids is 9. The van der Waals surface area contributed by atoms with Gasteiger partial charge in [-0.15, -0.1) is 0 Å². The molecule has 24 heteroatoms. The molecular formula is C44H51N11O13. The van der Waals surface area contributed by atoms with Crippen LogP contribution in [0, 0.1) is 0 Å². The van der Waals surface area contributed by atoms with E-state index >= 15 is 0 Å². The number of amides is 10. The highest BCUT2D eigenvalue weighted by Crippen LogP contribution is 2.26. The van der Waals surface area contributed by atoms with E-state index in [-0.39, 0.29) is 93.9 Å². The van der Waals surface area contributed by atoms with Gasteiger partial charge in [-0.2, -0.15) is 0 Å². The van der Waals surface area contributed by atoms with Crippen LogP contribution >= 0.6 is 0 Å². The molecule has 0 saturated carbocycles. The van der Waals surface area contributed by atoms with E-state index in [0.29, 0.717) is 0 Å². The number of hydrogen-bond donors (Lipinski definition) is 11. The van der Waals surface area contributed by atoms with E-state index in [1.54, 1.807) is 0 Å². The molecule has 360 valence electrons. The van der Waals surface area contributed by atoms with Gasteiger partial charge in [-0.05, 0) is 85.6 Å². The molecule has 0 radical (unpaired) electrons. The van der Waals surface area contributed by atoms with Gasteiger partial charge in [0, 0.05) is 29.3 Å². The van der Waals surface area contributed by atoms with Gasteiger partial charge < -0.3 is 78.7 Å². The van der Waals surface area contributed by atoms with Crippen LogP contribution in [0.15, 0.2) is 72.8 Å². The lowest BCUT2D eigenvalue weighted by molar-refractivity contribution is -0.118. The normalized spacial score (nSPS) is 10.8. The summed E-state index contributed by atoms with van der Waals surface area (Å²) in [6.45, 7) is -1.29. The van der Waals surface area contributed by atoms with Crippen LogP contribution in [-0.2, 0) is 19.2 Å². The minimum absolute atomic E-state index is 0.00665. The Morgan fingerprint density at radius 1 is 0.500 bits per heavy atom. The molecule has 68 heavy (non-hydrogen) atoms. The van der Waals surface area contributed by atoms with Crippen molar-refractivity contribution in [3.8, 4) is 23.0 Å². The van der Waals surface area contributed by atoms with Crippen molar-refractivity contribution in [2.75, 3.05) is 75.9 Å². The van der Waals surface area contributed by atoms with Crippen molar-refractivity contribution in [1.82, 2.24) is 21.3 Å². The van der Waals surface area contributed by atoms with Crippen LogP contribution in [-0.4, -0.2) is 114 Å². The van der Waals surface area contributed by atoms with E-state index < -0.39 is 72.4 Å². The number of primary amides is 2. The van der Waals surface area contributed by atoms with Gasteiger partial charge in [0.05, 0.1) is 70.3 Å². The Balaban J connectivity index is 1.41. The fourth-order valence-electron chi connectivity index (χ4n) is 6.25. The standard InChI is InChI=1S/C44H51N11O13/c1-65-32-11-7-23(16-27(32)39(46)59)52-37(57)21-49-40(60)28-17-25(9-12-33(28)66-2)53-38(58)22-50-41(61)29-19-26(10-14-34(29)67-3)54-43(63)31(6-5-15-48-44(47)64)55-42(62)30-18-24(51-36(56)20-45)8-13-35(30)68-4/h7-14,16-19,31H,5-6,15,20-22,45H2,1-4H3,(H2,46,59)(H,49,60)(H,50,61)(H,51,56)(H,52,57)(H,53,58)(H,54,63)(H,55,62)(H3,47,48,64). The van der Waals surface area contributed by atoms with E-state index in [1.165, 1.54) is 101 Å². The van der Waals surface area contributed by atoms with Crippen LogP contribution in [0.25, 0.3) is 0 Å². The van der Waals surface area contributed by atoms with Gasteiger partial charge in [0.15, 0.2) is 0 Å². The van der Waals surface area contributed by atoms with E-state index in [2.05, 4.69) is 42.5 Å². The highest BCUT2D eigenvalue weighted by molar-refractivity contribution is 6.06. The summed E-state index contributed by atoms with van der Waals surface area (Å²) in [6.07, 6.45) is 0.203. The van der Waals surface area contributed by atoms with E-state index in [0.717, 1.165) is 0 Å². The summed E-state index contributed by atoms with van der Waals surface area (Å²) in [5.74, 6) is -5.07. The average Bonchev–Trinajstić information content (AvgIpc) is 3.32. The van der Waals surface area contributed by atoms with E-state index in [9.17, 15) is 43.2 Å². The number of ether oxygens (including phenoxy) is 4. The predicted molar refractivity (Wildman–Crippen MR) is 247 cm³/mol. The Morgan fingerprint density at radius 2 is 0.882 bits per heavy atom. The summed E-state index contributed by atoms with van der Waals surface area (Å²) in [4.78, 5) is 115. The first-order chi connectivity index (χ1) is 32.5. The zero-order chi connectivity index (χ0) is 49.9. The molecule has 0 heterocycles. The smallest absolute Gasteiger partial charge is 0.312 e. The summed E-state index contributed by atoms with van der Waals surface area (Å²) >= 11 is 0. The molecule has 0 bridgehead atoms. The maximum atomic E-state index is 13.7. The molecule has 0 aliphatic rings. The maximum absolute atomic E-state index is 13.7. The minimum atomic E-state index is -1.22. The van der Waals surface area contributed by atoms with Crippen molar-refractivity contribution >= 4 is 76.0 Å². The van der Waals surface area contributed by atoms with Gasteiger partial charge in [0.2, 0.25) is 23.6 Å². The zero-order valence-electron chi connectivity index (χ0n) is 37.3. The summed E-state index contributed by atoms with van der Waals surface area (Å²) in [5, 5.41) is 20.3. The van der Waals surface area contributed by atoms with Crippen LogP contribution in [0.1, 0.15) is 54.3 Å². The first-order valence-corrected chi connectivity index (χ1v) is 20.3. The van der Waals surface area contributed by atoms with E-state index in [4.69, 9.17) is 36.1 Å². The van der Waals surface area contributed by atoms with Crippen molar-refractivity contribution in [2.45, 2.75) is 18.9 Å². The molecule has 4 aromatic rings. The summed E-state index contributed by atoms with van der Waals surface area (Å²) in [5.41, 5.74) is 16.5. The second-order valence-electron chi connectivity index (χ2n) is 14.2. The van der Waals surface area contributed by atoms with Gasteiger partial charge >= 0.3 is 6.03 Å². The summed E-state index contributed by atoms with van der Waals surface area (Å²) in [7, 11) is 5.31. The molecule has 24 nitrogen and oxygen atoms in total. The zero-order valence-corrected chi connectivity index (χ0v) is 37.3. The van der Waals surface area contributed by atoms with Crippen molar-refractivity contribution in [2.24, 2.45) is 17.2 Å². The molecule has 1 unspecified atom stereocenters. The van der Waals surface area contributed by atoms with Crippen molar-refractivity contribution in [3.63, 3.8) is 0 Å². The Hall–Kier alpha value is -8.93. The first-order valence-electron chi connectivity index (χ1n) is 20.3. The Bertz CT molecular complexity index is 2570. The molecule has 4 rings (SSSR count). The number of hydrogen-bond acceptors (Lipinski definition) is 14. The van der Waals surface area contributed by atoms with Crippen molar-refractivity contribution < 1.29 is 62.1 Å². The third-order valence-corrected chi connectivity index (χ3v) is 9.51. The molecule has 0 aromatic heterocycles. The van der Waals surface area contributed by atoms with Gasteiger partial charge in [0.25, 0.3) is 23.6 Å². The summed E-state index contributed by atoms with van der Waals surface area (Å²) in [6, 6.07) is 14.8. The van der Waals surface area contributed by atoms with Crippen molar-refractivity contribution in [1.29, 1.82) is 0 Å². The van der Waals surface area contributed by atoms with Gasteiger partial charge in [0.1, 0.15) is 29.0 Å². The van der Waals surface area contributed by atoms with Crippen LogP contribution in [0.4, 0.5) is 27.5 Å². The molecule has 0 fully saturated rings. The first kappa shape index (κ1) is 51.7. The molecule has 1 atom stereocenters. The van der Waals surface area contributed by atoms with Crippen LogP contribution < -0.4 is 78.7 Å². The van der Waals surface area contributed by atoms with E-state index in [1.807, 2.05) is 0 Å². The molecule has 0 spiro atoms. The minimum Gasteiger partial charge on any atom is -0.496 e. The van der Waals surface area contributed by atoms with Crippen LogP contribution in [0.3, 0.4) is 0 Å². The number of nitrogens with two attached hydrogens (primary N) is 3. The van der Waals surface area contributed by atoms with Gasteiger partial charge in [-0.1, -0.05) is 0 Å². The lowest BCUT2D eigenvalue weighted by atomic mass is 10.1. The Labute approximate surface area is 388 Å². The molecule has 4 aromatic carbocycles. The monoisotopic (exact) mass is 941 g/mol. The highest BCUT2D eigenvalue weighted by Gasteiger charge is 2.25. The maximum Gasteiger partial charge on any atom is 0.312 e. The number of methoxy groups -OCH3 is 4. The quantitative estimate of drug-likeness (QED) is 0.0455. The molecule has 10 amide bonds. The number of urea groups is 1. The molecular weight excluding hydrogens is 891 g/mol. The number of benzene rings is 4. The fraction of sp³-hybridized carbons (Fsp3) is 0.250. The molecule has 0 saturated heterocycles. The topological polar surface area (TPSA) is 365 Å². The number of anilines is 4. The van der Waals surface area contributed by atoms with Crippen LogP contribution in [0.5, 0.6) is 23.0 Å². The predicted octanol–water partition coefficient (Wildman–Crippen LogP) is 0.640. The van der Waals surface area contributed by atoms with Crippen LogP contribution in [0.2, 0.25) is 0 Å². The average molecular weight is 942 g/mol. The number of rotatable bonds is 23. The second kappa shape index (κ2) is 24.9. The highest BCUT2D eigenvalue weighted by atomic mass is 16.5. The lowest BCUT2D eigenvalue weighted by Gasteiger charge is -2.20. The molecule has 0 aliphatic carbocycles. The number of nitrogens with one attached hydrogen (secondary N) is 8.